The number of aromatic nitrogens is 2. The van der Waals surface area contributed by atoms with Gasteiger partial charge < -0.3 is 14.5 Å². The van der Waals surface area contributed by atoms with Crippen LogP contribution >= 0.6 is 0 Å². The Morgan fingerprint density at radius 3 is 2.77 bits per heavy atom. The highest BCUT2D eigenvalue weighted by atomic mass is 16.5. The van der Waals surface area contributed by atoms with Gasteiger partial charge in [-0.1, -0.05) is 12.1 Å². The molecule has 0 unspecified atom stereocenters. The normalized spacial score (nSPS) is 19.0. The summed E-state index contributed by atoms with van der Waals surface area (Å²) in [6.07, 6.45) is 4.31. The number of nitrogens with zero attached hydrogens (tertiary/aromatic N) is 4. The summed E-state index contributed by atoms with van der Waals surface area (Å²) in [5.41, 5.74) is 0. The van der Waals surface area contributed by atoms with E-state index < -0.39 is 0 Å². The van der Waals surface area contributed by atoms with Crippen LogP contribution in [0.15, 0.2) is 4.52 Å². The van der Waals surface area contributed by atoms with Gasteiger partial charge in [0.1, 0.15) is 0 Å². The van der Waals surface area contributed by atoms with E-state index in [4.69, 9.17) is 9.63 Å². The summed E-state index contributed by atoms with van der Waals surface area (Å²) in [6.45, 7) is 8.56. The number of rotatable bonds is 8. The van der Waals surface area contributed by atoms with Crippen LogP contribution in [0, 0.1) is 5.92 Å². The van der Waals surface area contributed by atoms with Crippen LogP contribution in [0.4, 0.5) is 0 Å². The molecule has 2 rings (SSSR count). The third-order valence-corrected chi connectivity index (χ3v) is 4.65. The Hall–Kier alpha value is -0.980. The first kappa shape index (κ1) is 17.4. The van der Waals surface area contributed by atoms with Gasteiger partial charge in [-0.3, -0.25) is 4.90 Å². The maximum Gasteiger partial charge on any atom is 0.243 e. The molecule has 6 heteroatoms. The number of hydrogen-bond donors (Lipinski definition) is 1. The second-order valence-corrected chi connectivity index (χ2v) is 6.42. The van der Waals surface area contributed by atoms with Crippen molar-refractivity contribution >= 4 is 0 Å². The molecule has 1 aliphatic rings. The molecule has 6 nitrogen and oxygen atoms in total. The van der Waals surface area contributed by atoms with E-state index in [1.807, 2.05) is 0 Å². The third-order valence-electron chi connectivity index (χ3n) is 4.65. The van der Waals surface area contributed by atoms with Crippen LogP contribution in [0.1, 0.15) is 50.9 Å². The maximum atomic E-state index is 9.00. The first-order valence-electron chi connectivity index (χ1n) is 8.50. The standard InChI is InChI=1S/C16H30N4O2/c1-4-5-15-17-16(22-18-15)13(2)19(3)12-14-6-8-20(9-7-14)10-11-21/h13-14,21H,4-12H2,1-3H3/t13-/m0/s1. The van der Waals surface area contributed by atoms with Crippen molar-refractivity contribution in [1.29, 1.82) is 0 Å². The Morgan fingerprint density at radius 2 is 2.14 bits per heavy atom. The van der Waals surface area contributed by atoms with E-state index in [1.165, 1.54) is 12.8 Å². The summed E-state index contributed by atoms with van der Waals surface area (Å²) in [5, 5.41) is 13.0. The lowest BCUT2D eigenvalue weighted by atomic mass is 9.96. The van der Waals surface area contributed by atoms with Gasteiger partial charge in [0.2, 0.25) is 5.89 Å². The minimum absolute atomic E-state index is 0.161. The highest BCUT2D eigenvalue weighted by Gasteiger charge is 2.24. The van der Waals surface area contributed by atoms with Crippen molar-refractivity contribution in [2.75, 3.05) is 39.8 Å². The molecule has 1 aromatic rings. The van der Waals surface area contributed by atoms with Crippen LogP contribution in [0.2, 0.25) is 0 Å². The summed E-state index contributed by atoms with van der Waals surface area (Å²) in [6, 6.07) is 0.161. The zero-order valence-corrected chi connectivity index (χ0v) is 14.2. The molecule has 0 radical (unpaired) electrons. The van der Waals surface area contributed by atoms with Crippen molar-refractivity contribution in [3.05, 3.63) is 11.7 Å². The fourth-order valence-electron chi connectivity index (χ4n) is 3.05. The van der Waals surface area contributed by atoms with Gasteiger partial charge in [-0.25, -0.2) is 0 Å². The van der Waals surface area contributed by atoms with E-state index in [1.54, 1.807) is 0 Å². The van der Waals surface area contributed by atoms with E-state index in [2.05, 4.69) is 40.8 Å². The van der Waals surface area contributed by atoms with Gasteiger partial charge in [-0.05, 0) is 52.2 Å². The molecule has 22 heavy (non-hydrogen) atoms. The molecule has 1 aliphatic heterocycles. The van der Waals surface area contributed by atoms with Gasteiger partial charge in [-0.2, -0.15) is 4.98 Å². The molecule has 0 saturated carbocycles. The average Bonchev–Trinajstić information content (AvgIpc) is 2.98. The van der Waals surface area contributed by atoms with Crippen molar-refractivity contribution in [3.63, 3.8) is 0 Å². The first-order valence-corrected chi connectivity index (χ1v) is 8.50. The monoisotopic (exact) mass is 310 g/mol. The van der Waals surface area contributed by atoms with Gasteiger partial charge in [0, 0.05) is 19.5 Å². The fraction of sp³-hybridized carbons (Fsp3) is 0.875. The van der Waals surface area contributed by atoms with Gasteiger partial charge in [-0.15, -0.1) is 0 Å². The molecule has 1 fully saturated rings. The fourth-order valence-corrected chi connectivity index (χ4v) is 3.05. The van der Waals surface area contributed by atoms with E-state index in [9.17, 15) is 0 Å². The molecule has 0 bridgehead atoms. The number of aryl methyl sites for hydroxylation is 1. The predicted octanol–water partition coefficient (Wildman–Crippen LogP) is 1.72. The highest BCUT2D eigenvalue weighted by Crippen LogP contribution is 2.23. The highest BCUT2D eigenvalue weighted by molar-refractivity contribution is 4.92. The average molecular weight is 310 g/mol. The lowest BCUT2D eigenvalue weighted by Gasteiger charge is -2.34. The molecule has 0 amide bonds. The number of hydrogen-bond acceptors (Lipinski definition) is 6. The Balaban J connectivity index is 1.79. The Morgan fingerprint density at radius 1 is 1.41 bits per heavy atom. The van der Waals surface area contributed by atoms with Crippen LogP contribution in [0.3, 0.4) is 0 Å². The molecule has 1 saturated heterocycles. The molecule has 0 aromatic carbocycles. The minimum atomic E-state index is 0.161. The minimum Gasteiger partial charge on any atom is -0.395 e. The largest absolute Gasteiger partial charge is 0.395 e. The number of β-amino-alcohol motifs (C(OH)–C–C–N with tert-alkyl or cyclic N) is 1. The Bertz CT molecular complexity index is 430. The molecule has 0 aliphatic carbocycles. The summed E-state index contributed by atoms with van der Waals surface area (Å²) >= 11 is 0. The smallest absolute Gasteiger partial charge is 0.243 e. The number of aliphatic hydroxyl groups is 1. The molecule has 2 heterocycles. The molecule has 0 spiro atoms. The first-order chi connectivity index (χ1) is 10.6. The van der Waals surface area contributed by atoms with Crippen LogP contribution in [-0.2, 0) is 6.42 Å². The van der Waals surface area contributed by atoms with Gasteiger partial charge in [0.25, 0.3) is 0 Å². The van der Waals surface area contributed by atoms with Gasteiger partial charge >= 0.3 is 0 Å². The zero-order chi connectivity index (χ0) is 15.9. The molecular formula is C16H30N4O2. The number of likely N-dealkylation sites (tertiary alicyclic amines) is 1. The van der Waals surface area contributed by atoms with E-state index >= 15 is 0 Å². The molecule has 1 aromatic heterocycles. The number of aliphatic hydroxyl groups excluding tert-OH is 1. The molecule has 1 atom stereocenters. The Labute approximate surface area is 133 Å². The maximum absolute atomic E-state index is 9.00. The zero-order valence-electron chi connectivity index (χ0n) is 14.2. The summed E-state index contributed by atoms with van der Waals surface area (Å²) < 4.78 is 5.40. The molecular weight excluding hydrogens is 280 g/mol. The van der Waals surface area contributed by atoms with E-state index in [0.29, 0.717) is 5.92 Å². The van der Waals surface area contributed by atoms with Crippen LogP contribution in [-0.4, -0.2) is 64.9 Å². The second-order valence-electron chi connectivity index (χ2n) is 6.42. The molecule has 126 valence electrons. The molecule has 1 N–H and O–H groups in total. The van der Waals surface area contributed by atoms with Crippen molar-refractivity contribution in [3.8, 4) is 0 Å². The second kappa shape index (κ2) is 8.60. The van der Waals surface area contributed by atoms with Crippen LogP contribution in [0.25, 0.3) is 0 Å². The van der Waals surface area contributed by atoms with E-state index in [0.717, 1.165) is 50.7 Å². The van der Waals surface area contributed by atoms with E-state index in [-0.39, 0.29) is 12.6 Å². The van der Waals surface area contributed by atoms with Gasteiger partial charge in [0.05, 0.1) is 12.6 Å². The topological polar surface area (TPSA) is 65.6 Å². The van der Waals surface area contributed by atoms with Crippen molar-refractivity contribution in [2.45, 2.75) is 45.6 Å². The third kappa shape index (κ3) is 4.76. The predicted molar refractivity (Wildman–Crippen MR) is 85.6 cm³/mol. The lowest BCUT2D eigenvalue weighted by molar-refractivity contribution is 0.114. The van der Waals surface area contributed by atoms with Crippen molar-refractivity contribution < 1.29 is 9.63 Å². The summed E-state index contributed by atoms with van der Waals surface area (Å²) in [5.74, 6) is 2.25. The van der Waals surface area contributed by atoms with Crippen molar-refractivity contribution in [1.82, 2.24) is 19.9 Å². The number of piperidine rings is 1. The SMILES string of the molecule is CCCc1noc([C@H](C)N(C)CC2CCN(CCO)CC2)n1. The lowest BCUT2D eigenvalue weighted by Crippen LogP contribution is -2.39. The Kier molecular flexibility index (Phi) is 6.79. The quantitative estimate of drug-likeness (QED) is 0.789. The summed E-state index contributed by atoms with van der Waals surface area (Å²) in [7, 11) is 2.13. The van der Waals surface area contributed by atoms with Crippen LogP contribution < -0.4 is 0 Å². The summed E-state index contributed by atoms with van der Waals surface area (Å²) in [4.78, 5) is 9.15. The van der Waals surface area contributed by atoms with Gasteiger partial charge in [0.15, 0.2) is 5.82 Å². The van der Waals surface area contributed by atoms with Crippen molar-refractivity contribution in [2.24, 2.45) is 5.92 Å². The van der Waals surface area contributed by atoms with Crippen LogP contribution in [0.5, 0.6) is 0 Å².